The van der Waals surface area contributed by atoms with Crippen LogP contribution in [0, 0.1) is 0 Å². The normalized spacial score (nSPS) is 12.6. The van der Waals surface area contributed by atoms with Crippen molar-refractivity contribution in [1.29, 1.82) is 0 Å². The predicted octanol–water partition coefficient (Wildman–Crippen LogP) is 5.31. The second kappa shape index (κ2) is 7.65. The van der Waals surface area contributed by atoms with E-state index >= 15 is 0 Å². The van der Waals surface area contributed by atoms with E-state index in [0.29, 0.717) is 5.76 Å². The summed E-state index contributed by atoms with van der Waals surface area (Å²) in [5.41, 5.74) is -1.18. The zero-order valence-corrected chi connectivity index (χ0v) is 14.2. The number of halogens is 3. The van der Waals surface area contributed by atoms with Crippen LogP contribution in [0.25, 0.3) is 0 Å². The molecule has 0 aliphatic rings. The molecule has 0 spiro atoms. The first-order chi connectivity index (χ1) is 12.4. The zero-order chi connectivity index (χ0) is 18.6. The Morgan fingerprint density at radius 1 is 1.12 bits per heavy atom. The number of urea groups is 1. The maximum atomic E-state index is 13.0. The van der Waals surface area contributed by atoms with E-state index in [1.165, 1.54) is 35.8 Å². The zero-order valence-electron chi connectivity index (χ0n) is 13.4. The molecular weight excluding hydrogens is 365 g/mol. The van der Waals surface area contributed by atoms with Gasteiger partial charge in [0.2, 0.25) is 0 Å². The van der Waals surface area contributed by atoms with Crippen LogP contribution in [0.2, 0.25) is 0 Å². The summed E-state index contributed by atoms with van der Waals surface area (Å²) in [6, 6.07) is 11.5. The molecule has 0 fully saturated rings. The molecule has 8 heteroatoms. The van der Waals surface area contributed by atoms with Gasteiger partial charge in [0, 0.05) is 11.4 Å². The summed E-state index contributed by atoms with van der Waals surface area (Å²) in [6.45, 7) is 0.189. The number of anilines is 1. The molecule has 0 unspecified atom stereocenters. The summed E-state index contributed by atoms with van der Waals surface area (Å²) < 4.78 is 44.4. The Hall–Kier alpha value is -2.74. The summed E-state index contributed by atoms with van der Waals surface area (Å²) >= 11 is 1.51. The van der Waals surface area contributed by atoms with E-state index < -0.39 is 17.8 Å². The number of hydrogen-bond acceptors (Lipinski definition) is 3. The van der Waals surface area contributed by atoms with E-state index in [9.17, 15) is 18.0 Å². The number of para-hydroxylation sites is 1. The van der Waals surface area contributed by atoms with Crippen molar-refractivity contribution >= 4 is 23.1 Å². The van der Waals surface area contributed by atoms with Gasteiger partial charge < -0.3 is 15.1 Å². The van der Waals surface area contributed by atoms with E-state index in [0.717, 1.165) is 10.9 Å². The molecule has 0 aliphatic heterocycles. The number of thiophene rings is 1. The van der Waals surface area contributed by atoms with Crippen LogP contribution < -0.4 is 10.6 Å². The lowest BCUT2D eigenvalue weighted by Crippen LogP contribution is -2.33. The number of carbonyl (C=O) groups excluding carboxylic acids is 1. The summed E-state index contributed by atoms with van der Waals surface area (Å²) in [5, 5.41) is 6.79. The number of benzene rings is 1. The third-order valence-electron chi connectivity index (χ3n) is 3.72. The Balaban J connectivity index is 1.69. The number of hydrogen-bond donors (Lipinski definition) is 2. The molecule has 1 aromatic carbocycles. The maximum absolute atomic E-state index is 13.0. The molecule has 0 saturated carbocycles. The topological polar surface area (TPSA) is 54.3 Å². The number of rotatable bonds is 5. The van der Waals surface area contributed by atoms with Gasteiger partial charge in [-0.15, -0.1) is 11.3 Å². The predicted molar refractivity (Wildman–Crippen MR) is 93.3 cm³/mol. The third-order valence-corrected chi connectivity index (χ3v) is 4.71. The van der Waals surface area contributed by atoms with Crippen molar-refractivity contribution in [3.05, 3.63) is 76.4 Å². The first kappa shape index (κ1) is 18.1. The van der Waals surface area contributed by atoms with Gasteiger partial charge in [-0.25, -0.2) is 4.79 Å². The molecule has 1 atom stereocenters. The maximum Gasteiger partial charge on any atom is 0.418 e. The monoisotopic (exact) mass is 380 g/mol. The first-order valence-corrected chi connectivity index (χ1v) is 8.61. The summed E-state index contributed by atoms with van der Waals surface area (Å²) in [6.07, 6.45) is -3.01. The Bertz CT molecular complexity index is 811. The lowest BCUT2D eigenvalue weighted by atomic mass is 10.0. The van der Waals surface area contributed by atoms with Crippen LogP contribution >= 0.6 is 11.3 Å². The van der Waals surface area contributed by atoms with Crippen molar-refractivity contribution < 1.29 is 22.4 Å². The van der Waals surface area contributed by atoms with Crippen molar-refractivity contribution in [2.24, 2.45) is 0 Å². The smallest absolute Gasteiger partial charge is 0.418 e. The van der Waals surface area contributed by atoms with Crippen LogP contribution in [-0.4, -0.2) is 12.6 Å². The highest BCUT2D eigenvalue weighted by Crippen LogP contribution is 2.34. The highest BCUT2D eigenvalue weighted by molar-refractivity contribution is 7.10. The van der Waals surface area contributed by atoms with E-state index in [-0.39, 0.29) is 18.2 Å². The van der Waals surface area contributed by atoms with Gasteiger partial charge in [-0.2, -0.15) is 13.2 Å². The van der Waals surface area contributed by atoms with Gasteiger partial charge in [-0.05, 0) is 35.7 Å². The Kier molecular flexibility index (Phi) is 5.32. The number of alkyl halides is 3. The number of furan rings is 1. The summed E-state index contributed by atoms with van der Waals surface area (Å²) in [5.74, 6) is 0.456. The van der Waals surface area contributed by atoms with Gasteiger partial charge in [0.25, 0.3) is 0 Å². The Labute approximate surface area is 151 Å². The molecule has 26 heavy (non-hydrogen) atoms. The van der Waals surface area contributed by atoms with Crippen LogP contribution in [0.4, 0.5) is 23.7 Å². The van der Waals surface area contributed by atoms with Gasteiger partial charge in [0.15, 0.2) is 0 Å². The fraction of sp³-hybridized carbons (Fsp3) is 0.167. The molecular formula is C18H15F3N2O2S. The molecule has 136 valence electrons. The summed E-state index contributed by atoms with van der Waals surface area (Å²) in [7, 11) is 0. The molecule has 2 N–H and O–H groups in total. The van der Waals surface area contributed by atoms with E-state index in [1.807, 2.05) is 17.5 Å². The molecule has 3 rings (SSSR count). The molecule has 2 heterocycles. The van der Waals surface area contributed by atoms with Gasteiger partial charge in [-0.1, -0.05) is 18.2 Å². The first-order valence-electron chi connectivity index (χ1n) is 7.73. The summed E-state index contributed by atoms with van der Waals surface area (Å²) in [4.78, 5) is 13.1. The third kappa shape index (κ3) is 4.26. The Morgan fingerprint density at radius 3 is 2.58 bits per heavy atom. The van der Waals surface area contributed by atoms with Crippen LogP contribution in [-0.2, 0) is 6.18 Å². The number of amides is 2. The molecule has 0 saturated heterocycles. The van der Waals surface area contributed by atoms with Crippen molar-refractivity contribution in [2.45, 2.75) is 12.1 Å². The quantitative estimate of drug-likeness (QED) is 0.630. The van der Waals surface area contributed by atoms with Gasteiger partial charge in [0.05, 0.1) is 23.4 Å². The minimum absolute atomic E-state index is 0.189. The van der Waals surface area contributed by atoms with Crippen LogP contribution in [0.3, 0.4) is 0 Å². The van der Waals surface area contributed by atoms with Crippen molar-refractivity contribution in [3.8, 4) is 0 Å². The molecule has 4 nitrogen and oxygen atoms in total. The van der Waals surface area contributed by atoms with E-state index in [4.69, 9.17) is 4.42 Å². The van der Waals surface area contributed by atoms with Gasteiger partial charge in [0.1, 0.15) is 5.76 Å². The standard InChI is InChI=1S/C18H15F3N2O2S/c19-18(20,21)13-5-1-2-6-14(13)23-17(24)22-11-12(15-7-3-9-25-15)16-8-4-10-26-16/h1-10,12H,11H2,(H2,22,23,24)/t12-/m0/s1. The molecule has 0 aliphatic carbocycles. The minimum Gasteiger partial charge on any atom is -0.469 e. The lowest BCUT2D eigenvalue weighted by Gasteiger charge is -2.16. The number of nitrogens with one attached hydrogen (secondary N) is 2. The molecule has 2 amide bonds. The van der Waals surface area contributed by atoms with Crippen LogP contribution in [0.5, 0.6) is 0 Å². The molecule has 0 bridgehead atoms. The lowest BCUT2D eigenvalue weighted by molar-refractivity contribution is -0.136. The average Bonchev–Trinajstić information content (AvgIpc) is 3.28. The fourth-order valence-electron chi connectivity index (χ4n) is 2.52. The van der Waals surface area contributed by atoms with Crippen LogP contribution in [0.1, 0.15) is 22.1 Å². The number of carbonyl (C=O) groups is 1. The highest BCUT2D eigenvalue weighted by atomic mass is 32.1. The largest absolute Gasteiger partial charge is 0.469 e. The van der Waals surface area contributed by atoms with Gasteiger partial charge in [-0.3, -0.25) is 0 Å². The second-order valence-electron chi connectivity index (χ2n) is 5.46. The SMILES string of the molecule is O=C(NC[C@@H](c1ccco1)c1cccs1)Nc1ccccc1C(F)(F)F. The van der Waals surface area contributed by atoms with Crippen molar-refractivity contribution in [3.63, 3.8) is 0 Å². The van der Waals surface area contributed by atoms with Crippen molar-refractivity contribution in [1.82, 2.24) is 5.32 Å². The molecule has 2 aromatic heterocycles. The van der Waals surface area contributed by atoms with Crippen LogP contribution in [0.15, 0.2) is 64.6 Å². The molecule has 0 radical (unpaired) electrons. The van der Waals surface area contributed by atoms with E-state index in [2.05, 4.69) is 10.6 Å². The van der Waals surface area contributed by atoms with E-state index in [1.54, 1.807) is 12.1 Å². The fourth-order valence-corrected chi connectivity index (χ4v) is 3.36. The molecule has 3 aromatic rings. The second-order valence-corrected chi connectivity index (χ2v) is 6.44. The Morgan fingerprint density at radius 2 is 1.92 bits per heavy atom. The average molecular weight is 380 g/mol. The van der Waals surface area contributed by atoms with Crippen molar-refractivity contribution in [2.75, 3.05) is 11.9 Å². The minimum atomic E-state index is -4.54. The highest BCUT2D eigenvalue weighted by Gasteiger charge is 2.33. The van der Waals surface area contributed by atoms with Gasteiger partial charge >= 0.3 is 12.2 Å².